The molecule has 4 nitrogen and oxygen atoms in total. The molecule has 1 heterocycles. The van der Waals surface area contributed by atoms with E-state index in [0.717, 1.165) is 5.52 Å². The number of hydrogen-bond donors (Lipinski definition) is 1. The van der Waals surface area contributed by atoms with E-state index in [9.17, 15) is 9.18 Å². The molecule has 0 bridgehead atoms. The number of rotatable bonds is 4. The number of amides is 1. The second-order valence-electron chi connectivity index (χ2n) is 5.54. The molecule has 0 radical (unpaired) electrons. The van der Waals surface area contributed by atoms with Crippen LogP contribution in [-0.2, 0) is 16.2 Å². The van der Waals surface area contributed by atoms with Crippen LogP contribution in [0.2, 0.25) is 0 Å². The zero-order valence-electron chi connectivity index (χ0n) is 11.7. The number of alkyl halides is 1. The van der Waals surface area contributed by atoms with E-state index in [-0.39, 0.29) is 18.1 Å². The molecule has 0 saturated heterocycles. The third-order valence-electron chi connectivity index (χ3n) is 3.34. The van der Waals surface area contributed by atoms with Crippen LogP contribution >= 0.6 is 11.6 Å². The van der Waals surface area contributed by atoms with Gasteiger partial charge >= 0.3 is 0 Å². The molecule has 2 N–H and O–H groups in total. The maximum Gasteiger partial charge on any atom is 0.219 e. The smallest absolute Gasteiger partial charge is 0.219 e. The normalized spacial score (nSPS) is 12.1. The molecule has 0 unspecified atom stereocenters. The van der Waals surface area contributed by atoms with E-state index in [4.69, 9.17) is 17.3 Å². The van der Waals surface area contributed by atoms with Gasteiger partial charge in [-0.15, -0.1) is 11.6 Å². The Labute approximate surface area is 121 Å². The average Bonchev–Trinajstić information content (AvgIpc) is 2.66. The van der Waals surface area contributed by atoms with Gasteiger partial charge in [0.2, 0.25) is 5.91 Å². The summed E-state index contributed by atoms with van der Waals surface area (Å²) < 4.78 is 15.5. The molecule has 0 aliphatic carbocycles. The number of benzene rings is 1. The minimum atomic E-state index is -0.574. The molecule has 6 heteroatoms. The Morgan fingerprint density at radius 2 is 2.15 bits per heavy atom. The van der Waals surface area contributed by atoms with Gasteiger partial charge in [-0.3, -0.25) is 4.79 Å². The number of imidazole rings is 1. The first kappa shape index (κ1) is 14.8. The van der Waals surface area contributed by atoms with Gasteiger partial charge in [0.1, 0.15) is 11.6 Å². The van der Waals surface area contributed by atoms with Crippen molar-refractivity contribution in [2.45, 2.75) is 38.6 Å². The van der Waals surface area contributed by atoms with Crippen LogP contribution in [0.5, 0.6) is 0 Å². The first-order chi connectivity index (χ1) is 9.26. The number of halogens is 2. The van der Waals surface area contributed by atoms with E-state index < -0.39 is 11.4 Å². The van der Waals surface area contributed by atoms with Gasteiger partial charge in [-0.2, -0.15) is 0 Å². The van der Waals surface area contributed by atoms with Crippen molar-refractivity contribution in [2.75, 3.05) is 0 Å². The number of nitrogens with zero attached hydrogens (tertiary/aromatic N) is 2. The fourth-order valence-electron chi connectivity index (χ4n) is 2.52. The van der Waals surface area contributed by atoms with Crippen molar-refractivity contribution in [1.82, 2.24) is 9.55 Å². The largest absolute Gasteiger partial charge is 0.370 e. The van der Waals surface area contributed by atoms with Crippen LogP contribution in [0.25, 0.3) is 11.0 Å². The van der Waals surface area contributed by atoms with Gasteiger partial charge in [0.15, 0.2) is 0 Å². The van der Waals surface area contributed by atoms with Crippen LogP contribution in [0.4, 0.5) is 4.39 Å². The Balaban J connectivity index is 2.72. The summed E-state index contributed by atoms with van der Waals surface area (Å²) >= 11 is 5.93. The van der Waals surface area contributed by atoms with Crippen LogP contribution in [0, 0.1) is 12.7 Å². The van der Waals surface area contributed by atoms with E-state index >= 15 is 0 Å². The first-order valence-corrected chi connectivity index (χ1v) is 6.82. The molecule has 1 amide bonds. The van der Waals surface area contributed by atoms with Gasteiger partial charge in [0.05, 0.1) is 16.9 Å². The zero-order valence-corrected chi connectivity index (χ0v) is 12.5. The summed E-state index contributed by atoms with van der Waals surface area (Å²) in [5.41, 5.74) is 6.54. The highest BCUT2D eigenvalue weighted by atomic mass is 35.5. The summed E-state index contributed by atoms with van der Waals surface area (Å²) in [6.07, 6.45) is 0.152. The lowest BCUT2D eigenvalue weighted by Crippen LogP contribution is -2.33. The minimum Gasteiger partial charge on any atom is -0.370 e. The van der Waals surface area contributed by atoms with E-state index in [1.165, 1.54) is 6.07 Å². The van der Waals surface area contributed by atoms with E-state index in [1.54, 1.807) is 13.0 Å². The molecule has 108 valence electrons. The van der Waals surface area contributed by atoms with Crippen LogP contribution < -0.4 is 5.73 Å². The first-order valence-electron chi connectivity index (χ1n) is 6.28. The van der Waals surface area contributed by atoms with Crippen molar-refractivity contribution >= 4 is 28.5 Å². The third kappa shape index (κ3) is 2.50. The second-order valence-corrected chi connectivity index (χ2v) is 5.81. The van der Waals surface area contributed by atoms with Crippen LogP contribution in [-0.4, -0.2) is 15.5 Å². The molecule has 0 atom stereocenters. The third-order valence-corrected chi connectivity index (χ3v) is 3.58. The molecule has 0 fully saturated rings. The average molecular weight is 298 g/mol. The van der Waals surface area contributed by atoms with Crippen LogP contribution in [0.1, 0.15) is 31.7 Å². The zero-order chi connectivity index (χ0) is 15.1. The van der Waals surface area contributed by atoms with Crippen molar-refractivity contribution in [1.29, 1.82) is 0 Å². The predicted molar refractivity (Wildman–Crippen MR) is 77.1 cm³/mol. The van der Waals surface area contributed by atoms with Gasteiger partial charge in [-0.1, -0.05) is 0 Å². The van der Waals surface area contributed by atoms with Gasteiger partial charge < -0.3 is 10.3 Å². The Morgan fingerprint density at radius 1 is 1.50 bits per heavy atom. The molecule has 0 aliphatic heterocycles. The highest BCUT2D eigenvalue weighted by molar-refractivity contribution is 6.16. The number of aryl methyl sites for hydroxylation is 1. The van der Waals surface area contributed by atoms with Crippen molar-refractivity contribution in [3.63, 3.8) is 0 Å². The monoisotopic (exact) mass is 297 g/mol. The quantitative estimate of drug-likeness (QED) is 0.882. The summed E-state index contributed by atoms with van der Waals surface area (Å²) in [4.78, 5) is 15.6. The van der Waals surface area contributed by atoms with Gasteiger partial charge in [0.25, 0.3) is 0 Å². The molecule has 2 rings (SSSR count). The lowest BCUT2D eigenvalue weighted by molar-refractivity contribution is -0.119. The lowest BCUT2D eigenvalue weighted by Gasteiger charge is -2.28. The minimum absolute atomic E-state index is 0.152. The summed E-state index contributed by atoms with van der Waals surface area (Å²) in [5, 5.41) is 0. The van der Waals surface area contributed by atoms with E-state index in [2.05, 4.69) is 4.98 Å². The van der Waals surface area contributed by atoms with Gasteiger partial charge in [-0.05, 0) is 32.4 Å². The molecular weight excluding hydrogens is 281 g/mol. The number of carbonyl (C=O) groups is 1. The molecule has 20 heavy (non-hydrogen) atoms. The molecule has 2 aromatic rings. The van der Waals surface area contributed by atoms with Crippen LogP contribution in [0.15, 0.2) is 12.1 Å². The fraction of sp³-hybridized carbons (Fsp3) is 0.429. The Hall–Kier alpha value is -1.62. The van der Waals surface area contributed by atoms with Gasteiger partial charge in [-0.25, -0.2) is 9.37 Å². The predicted octanol–water partition coefficient (Wildman–Crippen LogP) is 2.83. The Kier molecular flexibility index (Phi) is 3.73. The lowest BCUT2D eigenvalue weighted by atomic mass is 9.99. The van der Waals surface area contributed by atoms with Crippen LogP contribution in [0.3, 0.4) is 0 Å². The fourth-order valence-corrected chi connectivity index (χ4v) is 2.70. The highest BCUT2D eigenvalue weighted by Crippen LogP contribution is 2.30. The summed E-state index contributed by atoms with van der Waals surface area (Å²) in [6.45, 7) is 5.45. The summed E-state index contributed by atoms with van der Waals surface area (Å²) in [6, 6.07) is 3.11. The maximum absolute atomic E-state index is 13.6. The number of hydrogen-bond acceptors (Lipinski definition) is 2. The molecule has 0 spiro atoms. The SMILES string of the molecule is Cc1cc2c(cc1F)nc(CCl)n2C(C)(C)CC(N)=O. The maximum atomic E-state index is 13.6. The molecule has 1 aromatic carbocycles. The summed E-state index contributed by atoms with van der Waals surface area (Å²) in [7, 11) is 0. The van der Waals surface area contributed by atoms with Crippen molar-refractivity contribution in [2.24, 2.45) is 5.73 Å². The second kappa shape index (κ2) is 5.05. The number of aromatic nitrogens is 2. The van der Waals surface area contributed by atoms with Gasteiger partial charge in [0, 0.05) is 18.0 Å². The highest BCUT2D eigenvalue weighted by Gasteiger charge is 2.28. The Morgan fingerprint density at radius 3 is 2.70 bits per heavy atom. The standard InChI is InChI=1S/C14H17ClFN3O/c1-8-4-11-10(5-9(8)16)18-13(7-15)19(11)14(2,3)6-12(17)20/h4-5H,6-7H2,1-3H3,(H2,17,20). The number of carbonyl (C=O) groups excluding carboxylic acids is 1. The van der Waals surface area contributed by atoms with E-state index in [0.29, 0.717) is 16.9 Å². The van der Waals surface area contributed by atoms with E-state index in [1.807, 2.05) is 18.4 Å². The molecule has 0 saturated carbocycles. The van der Waals surface area contributed by atoms with Crippen molar-refractivity contribution < 1.29 is 9.18 Å². The molecule has 0 aliphatic rings. The molecule has 1 aromatic heterocycles. The number of nitrogens with two attached hydrogens (primary N) is 1. The topological polar surface area (TPSA) is 60.9 Å². The van der Waals surface area contributed by atoms with Crippen molar-refractivity contribution in [3.05, 3.63) is 29.3 Å². The van der Waals surface area contributed by atoms with Crippen molar-refractivity contribution in [3.8, 4) is 0 Å². The number of primary amides is 1. The summed E-state index contributed by atoms with van der Waals surface area (Å²) in [5.74, 6) is 0.0578. The number of fused-ring (bicyclic) bond motifs is 1. The Bertz CT molecular complexity index is 679. The molecular formula is C14H17ClFN3O.